The molecule has 1 aromatic rings. The van der Waals surface area contributed by atoms with E-state index in [0.29, 0.717) is 24.3 Å². The van der Waals surface area contributed by atoms with E-state index >= 15 is 0 Å². The molecule has 6 nitrogen and oxygen atoms in total. The number of nitro benzene ring substituents is 1. The summed E-state index contributed by atoms with van der Waals surface area (Å²) in [6, 6.07) is 4.63. The fourth-order valence-electron chi connectivity index (χ4n) is 1.87. The highest BCUT2D eigenvalue weighted by Crippen LogP contribution is 2.32. The molecular weight excluding hydrogens is 248 g/mol. The van der Waals surface area contributed by atoms with E-state index in [1.165, 1.54) is 13.2 Å². The Kier molecular flexibility index (Phi) is 5.11. The van der Waals surface area contributed by atoms with Crippen LogP contribution < -0.4 is 10.1 Å². The van der Waals surface area contributed by atoms with Gasteiger partial charge >= 0.3 is 0 Å². The van der Waals surface area contributed by atoms with Crippen LogP contribution in [0, 0.1) is 10.1 Å². The normalized spacial score (nSPS) is 11.2. The van der Waals surface area contributed by atoms with Crippen LogP contribution in [0.4, 0.5) is 11.4 Å². The van der Waals surface area contributed by atoms with Gasteiger partial charge in [0.2, 0.25) is 0 Å². The van der Waals surface area contributed by atoms with Gasteiger partial charge in [-0.05, 0) is 25.0 Å². The maximum absolute atomic E-state index is 11.1. The summed E-state index contributed by atoms with van der Waals surface area (Å²) in [5.74, 6) is 0.430. The minimum atomic E-state index is -0.542. The van der Waals surface area contributed by atoms with Gasteiger partial charge in [-0.3, -0.25) is 10.1 Å². The van der Waals surface area contributed by atoms with Crippen molar-refractivity contribution >= 4 is 11.4 Å². The van der Waals surface area contributed by atoms with Crippen LogP contribution >= 0.6 is 0 Å². The zero-order chi connectivity index (χ0) is 14.5. The molecule has 0 spiro atoms. The number of aliphatic hydroxyl groups is 1. The van der Waals surface area contributed by atoms with Crippen molar-refractivity contribution in [2.24, 2.45) is 0 Å². The molecule has 0 aromatic heterocycles. The molecule has 0 amide bonds. The minimum absolute atomic E-state index is 0.0564. The molecule has 1 rings (SSSR count). The van der Waals surface area contributed by atoms with Gasteiger partial charge in [0.1, 0.15) is 11.4 Å². The van der Waals surface area contributed by atoms with Gasteiger partial charge in [-0.25, -0.2) is 0 Å². The second kappa shape index (κ2) is 6.38. The summed E-state index contributed by atoms with van der Waals surface area (Å²) in [5, 5.41) is 23.7. The number of nitrogens with one attached hydrogen (secondary N) is 1. The van der Waals surface area contributed by atoms with Crippen LogP contribution in [0.15, 0.2) is 18.2 Å². The Morgan fingerprint density at radius 1 is 1.42 bits per heavy atom. The van der Waals surface area contributed by atoms with E-state index in [2.05, 4.69) is 5.32 Å². The van der Waals surface area contributed by atoms with Gasteiger partial charge in [0.15, 0.2) is 0 Å². The summed E-state index contributed by atoms with van der Waals surface area (Å²) >= 11 is 0. The Balaban J connectivity index is 3.16. The smallest absolute Gasteiger partial charge is 0.296 e. The fourth-order valence-corrected chi connectivity index (χ4v) is 1.87. The third kappa shape index (κ3) is 3.35. The maximum Gasteiger partial charge on any atom is 0.296 e. The summed E-state index contributed by atoms with van der Waals surface area (Å²) < 4.78 is 4.99. The van der Waals surface area contributed by atoms with Crippen molar-refractivity contribution in [2.75, 3.05) is 19.0 Å². The Labute approximate surface area is 112 Å². The highest BCUT2D eigenvalue weighted by molar-refractivity contribution is 5.65. The highest BCUT2D eigenvalue weighted by atomic mass is 16.6. The first-order valence-electron chi connectivity index (χ1n) is 6.23. The van der Waals surface area contributed by atoms with Crippen LogP contribution in [0.1, 0.15) is 26.7 Å². The molecule has 0 bridgehead atoms. The van der Waals surface area contributed by atoms with Crippen molar-refractivity contribution in [3.8, 4) is 5.75 Å². The third-order valence-corrected chi connectivity index (χ3v) is 3.46. The summed E-state index contributed by atoms with van der Waals surface area (Å²) in [6.45, 7) is 3.79. The second-order valence-electron chi connectivity index (χ2n) is 4.41. The molecule has 0 radical (unpaired) electrons. The van der Waals surface area contributed by atoms with E-state index in [0.717, 1.165) is 0 Å². The average molecular weight is 268 g/mol. The molecular formula is C13H20N2O4. The number of hydrogen-bond acceptors (Lipinski definition) is 5. The van der Waals surface area contributed by atoms with Gasteiger partial charge < -0.3 is 15.2 Å². The zero-order valence-corrected chi connectivity index (χ0v) is 11.5. The largest absolute Gasteiger partial charge is 0.496 e. The van der Waals surface area contributed by atoms with Crippen LogP contribution in [-0.4, -0.2) is 29.3 Å². The molecule has 0 saturated heterocycles. The second-order valence-corrected chi connectivity index (χ2v) is 4.41. The summed E-state index contributed by atoms with van der Waals surface area (Å²) in [4.78, 5) is 10.6. The minimum Gasteiger partial charge on any atom is -0.496 e. The first-order valence-corrected chi connectivity index (χ1v) is 6.23. The van der Waals surface area contributed by atoms with E-state index in [1.807, 2.05) is 13.8 Å². The van der Waals surface area contributed by atoms with Gasteiger partial charge in [-0.2, -0.15) is 0 Å². The number of nitrogens with zero attached hydrogens (tertiary/aromatic N) is 1. The van der Waals surface area contributed by atoms with Crippen molar-refractivity contribution < 1.29 is 14.8 Å². The van der Waals surface area contributed by atoms with Gasteiger partial charge in [-0.1, -0.05) is 13.8 Å². The molecule has 19 heavy (non-hydrogen) atoms. The van der Waals surface area contributed by atoms with Crippen molar-refractivity contribution in [1.82, 2.24) is 0 Å². The first-order chi connectivity index (χ1) is 9.01. The van der Waals surface area contributed by atoms with E-state index in [1.54, 1.807) is 12.1 Å². The number of nitro groups is 1. The lowest BCUT2D eigenvalue weighted by atomic mass is 9.93. The number of hydrogen-bond donors (Lipinski definition) is 2. The van der Waals surface area contributed by atoms with Crippen molar-refractivity contribution in [3.05, 3.63) is 28.3 Å². The summed E-state index contributed by atoms with van der Waals surface area (Å²) in [5.41, 5.74) is -0.207. The predicted molar refractivity (Wildman–Crippen MR) is 73.7 cm³/mol. The Hall–Kier alpha value is -1.82. The van der Waals surface area contributed by atoms with Crippen molar-refractivity contribution in [2.45, 2.75) is 32.2 Å². The van der Waals surface area contributed by atoms with E-state index in [-0.39, 0.29) is 12.3 Å². The Morgan fingerprint density at radius 2 is 2.05 bits per heavy atom. The molecule has 0 aliphatic carbocycles. The van der Waals surface area contributed by atoms with Crippen LogP contribution in [0.3, 0.4) is 0 Å². The lowest BCUT2D eigenvalue weighted by Crippen LogP contribution is -2.41. The molecule has 2 N–H and O–H groups in total. The number of ether oxygens (including phenoxy) is 1. The summed E-state index contributed by atoms with van der Waals surface area (Å²) in [7, 11) is 1.46. The molecule has 6 heteroatoms. The van der Waals surface area contributed by atoms with E-state index in [9.17, 15) is 15.2 Å². The topological polar surface area (TPSA) is 84.6 Å². The molecule has 0 heterocycles. The average Bonchev–Trinajstić information content (AvgIpc) is 2.45. The third-order valence-electron chi connectivity index (χ3n) is 3.46. The van der Waals surface area contributed by atoms with Gasteiger partial charge in [0.05, 0.1) is 30.2 Å². The molecule has 0 aliphatic rings. The zero-order valence-electron chi connectivity index (χ0n) is 11.5. The van der Waals surface area contributed by atoms with Gasteiger partial charge in [0.25, 0.3) is 5.69 Å². The monoisotopic (exact) mass is 268 g/mol. The number of anilines is 1. The fraction of sp³-hybridized carbons (Fsp3) is 0.538. The van der Waals surface area contributed by atoms with E-state index < -0.39 is 10.5 Å². The predicted octanol–water partition coefficient (Wildman–Crippen LogP) is 2.57. The van der Waals surface area contributed by atoms with Crippen LogP contribution in [0.5, 0.6) is 5.75 Å². The molecule has 0 fully saturated rings. The Morgan fingerprint density at radius 3 is 2.47 bits per heavy atom. The number of benzene rings is 1. The van der Waals surface area contributed by atoms with Gasteiger partial charge in [0, 0.05) is 0 Å². The first kappa shape index (κ1) is 15.2. The Bertz CT molecular complexity index is 436. The van der Waals surface area contributed by atoms with E-state index in [4.69, 9.17) is 4.74 Å². The van der Waals surface area contributed by atoms with Gasteiger partial charge in [-0.15, -0.1) is 0 Å². The highest BCUT2D eigenvalue weighted by Gasteiger charge is 2.28. The van der Waals surface area contributed by atoms with Crippen LogP contribution in [0.25, 0.3) is 0 Å². The maximum atomic E-state index is 11.1. The SMILES string of the molecule is CCC(CC)(CO)Nc1ccc(OC)cc1[N+](=O)[O-]. The molecule has 0 atom stereocenters. The molecule has 106 valence electrons. The van der Waals surface area contributed by atoms with Crippen molar-refractivity contribution in [3.63, 3.8) is 0 Å². The summed E-state index contributed by atoms with van der Waals surface area (Å²) in [6.07, 6.45) is 1.34. The lowest BCUT2D eigenvalue weighted by molar-refractivity contribution is -0.384. The molecule has 0 unspecified atom stereocenters. The molecule has 0 aliphatic heterocycles. The molecule has 1 aromatic carbocycles. The number of rotatable bonds is 7. The lowest BCUT2D eigenvalue weighted by Gasteiger charge is -2.31. The van der Waals surface area contributed by atoms with Crippen molar-refractivity contribution in [1.29, 1.82) is 0 Å². The molecule has 0 saturated carbocycles. The quantitative estimate of drug-likeness (QED) is 0.586. The number of methoxy groups -OCH3 is 1. The standard InChI is InChI=1S/C13H20N2O4/c1-4-13(5-2,9-16)14-11-7-6-10(19-3)8-12(11)15(17)18/h6-8,14,16H,4-5,9H2,1-3H3. The number of aliphatic hydroxyl groups excluding tert-OH is 1. The van der Waals surface area contributed by atoms with Crippen LogP contribution in [0.2, 0.25) is 0 Å². The van der Waals surface area contributed by atoms with Crippen LogP contribution in [-0.2, 0) is 0 Å².